The highest BCUT2D eigenvalue weighted by atomic mass is 16.3. The minimum atomic E-state index is -0.416. The largest absolute Gasteiger partial charge is 0.506 e. The van der Waals surface area contributed by atoms with E-state index in [0.29, 0.717) is 5.52 Å². The summed E-state index contributed by atoms with van der Waals surface area (Å²) in [5.41, 5.74) is 0.563. The molecule has 0 spiro atoms. The van der Waals surface area contributed by atoms with E-state index in [9.17, 15) is 14.7 Å². The van der Waals surface area contributed by atoms with E-state index in [1.165, 1.54) is 6.07 Å². The van der Waals surface area contributed by atoms with Crippen molar-refractivity contribution in [2.75, 3.05) is 19.6 Å². The highest BCUT2D eigenvalue weighted by Crippen LogP contribution is 2.22. The monoisotopic (exact) mass is 385 g/mol. The second kappa shape index (κ2) is 11.3. The summed E-state index contributed by atoms with van der Waals surface area (Å²) in [7, 11) is 0. The molecule has 2 N–H and O–H groups in total. The summed E-state index contributed by atoms with van der Waals surface area (Å²) in [6.07, 6.45) is 6.35. The lowest BCUT2D eigenvalue weighted by molar-refractivity contribution is -0.130. The van der Waals surface area contributed by atoms with Gasteiger partial charge in [0.2, 0.25) is 5.91 Å². The van der Waals surface area contributed by atoms with Gasteiger partial charge < -0.3 is 15.3 Å². The minimum Gasteiger partial charge on any atom is -0.506 e. The van der Waals surface area contributed by atoms with Crippen molar-refractivity contribution in [1.82, 2.24) is 15.2 Å². The number of nitrogens with zero attached hydrogens (tertiary/aromatic N) is 2. The number of unbranched alkanes of at least 4 members (excludes halogenated alkanes) is 4. The Kier molecular flexibility index (Phi) is 8.72. The second-order valence-corrected chi connectivity index (χ2v) is 7.02. The van der Waals surface area contributed by atoms with Gasteiger partial charge in [0, 0.05) is 18.5 Å². The smallest absolute Gasteiger partial charge is 0.270 e. The molecule has 0 saturated carbocycles. The first kappa shape index (κ1) is 21.7. The van der Waals surface area contributed by atoms with Gasteiger partial charge in [0.05, 0.1) is 6.54 Å². The molecule has 0 aliphatic heterocycles. The van der Waals surface area contributed by atoms with Crippen LogP contribution in [0.3, 0.4) is 0 Å². The highest BCUT2D eigenvalue weighted by Gasteiger charge is 2.16. The van der Waals surface area contributed by atoms with E-state index >= 15 is 0 Å². The molecule has 0 radical (unpaired) electrons. The van der Waals surface area contributed by atoms with Crippen LogP contribution < -0.4 is 5.32 Å². The molecular weight excluding hydrogens is 354 g/mol. The fraction of sp³-hybridized carbons (Fsp3) is 0.500. The number of phenols is 1. The molecule has 0 unspecified atom stereocenters. The van der Waals surface area contributed by atoms with Crippen molar-refractivity contribution in [1.29, 1.82) is 0 Å². The predicted molar refractivity (Wildman–Crippen MR) is 111 cm³/mol. The van der Waals surface area contributed by atoms with Gasteiger partial charge in [-0.05, 0) is 25.0 Å². The van der Waals surface area contributed by atoms with Crippen molar-refractivity contribution in [2.24, 2.45) is 0 Å². The number of carbonyl (C=O) groups excluding carboxylic acids is 2. The first-order valence-electron chi connectivity index (χ1n) is 10.2. The number of aromatic nitrogens is 1. The van der Waals surface area contributed by atoms with Gasteiger partial charge in [-0.2, -0.15) is 0 Å². The normalized spacial score (nSPS) is 10.8. The number of rotatable bonds is 11. The second-order valence-electron chi connectivity index (χ2n) is 7.02. The van der Waals surface area contributed by atoms with E-state index in [1.807, 2.05) is 11.0 Å². The van der Waals surface area contributed by atoms with Gasteiger partial charge >= 0.3 is 0 Å². The number of fused-ring (bicyclic) bond motifs is 1. The van der Waals surface area contributed by atoms with Crippen molar-refractivity contribution < 1.29 is 14.7 Å². The van der Waals surface area contributed by atoms with Crippen LogP contribution in [0, 0.1) is 0 Å². The Hall–Kier alpha value is -2.63. The van der Waals surface area contributed by atoms with Crippen molar-refractivity contribution >= 4 is 22.7 Å². The molecule has 1 heterocycles. The molecule has 6 nitrogen and oxygen atoms in total. The molecule has 0 aliphatic carbocycles. The zero-order valence-electron chi connectivity index (χ0n) is 16.9. The lowest BCUT2D eigenvalue weighted by Gasteiger charge is -2.23. The molecule has 0 saturated heterocycles. The Morgan fingerprint density at radius 2 is 1.68 bits per heavy atom. The summed E-state index contributed by atoms with van der Waals surface area (Å²) < 4.78 is 0. The summed E-state index contributed by atoms with van der Waals surface area (Å²) >= 11 is 0. The maximum atomic E-state index is 12.6. The van der Waals surface area contributed by atoms with Crippen LogP contribution in [0.5, 0.6) is 5.75 Å². The third-order valence-corrected chi connectivity index (χ3v) is 4.75. The summed E-state index contributed by atoms with van der Waals surface area (Å²) in [6, 6.07) is 8.41. The Morgan fingerprint density at radius 1 is 1.00 bits per heavy atom. The molecule has 1 aromatic heterocycles. The van der Waals surface area contributed by atoms with Gasteiger partial charge in [-0.1, -0.05) is 57.7 Å². The Bertz CT molecular complexity index is 782. The minimum absolute atomic E-state index is 0.0289. The number of phenolic OH excluding ortho intramolecular Hbond substituents is 1. The van der Waals surface area contributed by atoms with Crippen LogP contribution >= 0.6 is 0 Å². The van der Waals surface area contributed by atoms with Gasteiger partial charge in [-0.3, -0.25) is 9.59 Å². The van der Waals surface area contributed by atoms with Crippen LogP contribution in [0.25, 0.3) is 10.9 Å². The van der Waals surface area contributed by atoms with E-state index < -0.39 is 5.91 Å². The molecule has 1 aromatic carbocycles. The maximum Gasteiger partial charge on any atom is 0.270 e. The molecular formula is C22H31N3O3. The average molecular weight is 386 g/mol. The first-order chi connectivity index (χ1) is 13.6. The number of hydrogen-bond donors (Lipinski definition) is 2. The van der Waals surface area contributed by atoms with Crippen molar-refractivity contribution in [2.45, 2.75) is 52.4 Å². The Morgan fingerprint density at radius 3 is 2.32 bits per heavy atom. The zero-order chi connectivity index (χ0) is 20.4. The van der Waals surface area contributed by atoms with E-state index in [2.05, 4.69) is 24.1 Å². The SMILES string of the molecule is CCCCCN(CCCCC)C(=O)CNC(=O)c1ccc2cccc(O)c2n1. The van der Waals surface area contributed by atoms with Gasteiger partial charge in [0.15, 0.2) is 0 Å². The molecule has 2 amide bonds. The summed E-state index contributed by atoms with van der Waals surface area (Å²) in [6.45, 7) is 5.69. The zero-order valence-corrected chi connectivity index (χ0v) is 16.9. The van der Waals surface area contributed by atoms with Crippen molar-refractivity contribution in [3.05, 3.63) is 36.0 Å². The van der Waals surface area contributed by atoms with Crippen LogP contribution in [0.2, 0.25) is 0 Å². The molecule has 0 aliphatic rings. The fourth-order valence-corrected chi connectivity index (χ4v) is 3.08. The van der Waals surface area contributed by atoms with Gasteiger partial charge in [0.1, 0.15) is 17.0 Å². The molecule has 6 heteroatoms. The lowest BCUT2D eigenvalue weighted by atomic mass is 10.2. The van der Waals surface area contributed by atoms with E-state index in [-0.39, 0.29) is 23.9 Å². The third kappa shape index (κ3) is 6.22. The number of amides is 2. The quantitative estimate of drug-likeness (QED) is 0.575. The number of pyridine rings is 1. The van der Waals surface area contributed by atoms with Gasteiger partial charge in [-0.15, -0.1) is 0 Å². The summed E-state index contributed by atoms with van der Waals surface area (Å²) in [5.74, 6) is -0.453. The average Bonchev–Trinajstić information content (AvgIpc) is 2.71. The molecule has 2 rings (SSSR count). The van der Waals surface area contributed by atoms with Crippen molar-refractivity contribution in [3.8, 4) is 5.75 Å². The molecule has 0 fully saturated rings. The predicted octanol–water partition coefficient (Wildman–Crippen LogP) is 3.88. The first-order valence-corrected chi connectivity index (χ1v) is 10.2. The fourth-order valence-electron chi connectivity index (χ4n) is 3.08. The standard InChI is InChI=1S/C22H31N3O3/c1-3-5-7-14-25(15-8-6-4-2)20(27)16-23-22(28)18-13-12-17-10-9-11-19(26)21(17)24-18/h9-13,26H,3-8,14-16H2,1-2H3,(H,23,28). The van der Waals surface area contributed by atoms with E-state index in [4.69, 9.17) is 0 Å². The summed E-state index contributed by atoms with van der Waals surface area (Å²) in [4.78, 5) is 31.1. The molecule has 0 bridgehead atoms. The number of benzene rings is 1. The van der Waals surface area contributed by atoms with Crippen LogP contribution in [0.15, 0.2) is 30.3 Å². The molecule has 152 valence electrons. The van der Waals surface area contributed by atoms with Crippen LogP contribution in [0.1, 0.15) is 62.9 Å². The lowest BCUT2D eigenvalue weighted by Crippen LogP contribution is -2.41. The topological polar surface area (TPSA) is 82.5 Å². The number of aromatic hydroxyl groups is 1. The number of carbonyl (C=O) groups is 2. The Labute approximate surface area is 167 Å². The van der Waals surface area contributed by atoms with Gasteiger partial charge in [0.25, 0.3) is 5.91 Å². The number of nitrogens with one attached hydrogen (secondary N) is 1. The molecule has 28 heavy (non-hydrogen) atoms. The van der Waals surface area contributed by atoms with Crippen molar-refractivity contribution in [3.63, 3.8) is 0 Å². The molecule has 2 aromatic rings. The van der Waals surface area contributed by atoms with Gasteiger partial charge in [-0.25, -0.2) is 4.98 Å². The number of para-hydroxylation sites is 1. The maximum absolute atomic E-state index is 12.6. The van der Waals surface area contributed by atoms with Crippen LogP contribution in [-0.2, 0) is 4.79 Å². The number of hydrogen-bond acceptors (Lipinski definition) is 4. The summed E-state index contributed by atoms with van der Waals surface area (Å²) in [5, 5.41) is 13.3. The van der Waals surface area contributed by atoms with E-state index in [0.717, 1.165) is 57.0 Å². The van der Waals surface area contributed by atoms with Crippen LogP contribution in [0.4, 0.5) is 0 Å². The van der Waals surface area contributed by atoms with E-state index in [1.54, 1.807) is 18.2 Å². The third-order valence-electron chi connectivity index (χ3n) is 4.75. The Balaban J connectivity index is 1.96. The highest BCUT2D eigenvalue weighted by molar-refractivity contribution is 5.97. The molecule has 0 atom stereocenters. The van der Waals surface area contributed by atoms with Crippen LogP contribution in [-0.4, -0.2) is 46.4 Å².